The predicted octanol–water partition coefficient (Wildman–Crippen LogP) is 2.68. The van der Waals surface area contributed by atoms with Crippen molar-refractivity contribution in [2.24, 2.45) is 0 Å². The quantitative estimate of drug-likeness (QED) is 0.780. The van der Waals surface area contributed by atoms with Gasteiger partial charge in [0, 0.05) is 10.9 Å². The number of hydrogen-bond donors (Lipinski definition) is 1. The Kier molecular flexibility index (Phi) is 2.83. The summed E-state index contributed by atoms with van der Waals surface area (Å²) in [4.78, 5) is 0. The van der Waals surface area contributed by atoms with Crippen molar-refractivity contribution in [2.45, 2.75) is 6.54 Å². The molecule has 0 saturated carbocycles. The van der Waals surface area contributed by atoms with E-state index in [0.29, 0.717) is 12.4 Å². The van der Waals surface area contributed by atoms with Crippen LogP contribution in [0.3, 0.4) is 0 Å². The SMILES string of the molecule is COc1ccccc1Cn1nc(N)c2ccccc21. The van der Waals surface area contributed by atoms with E-state index in [9.17, 15) is 0 Å². The lowest BCUT2D eigenvalue weighted by molar-refractivity contribution is 0.408. The summed E-state index contributed by atoms with van der Waals surface area (Å²) in [7, 11) is 1.67. The number of aromatic nitrogens is 2. The van der Waals surface area contributed by atoms with Gasteiger partial charge in [0.05, 0.1) is 19.2 Å². The first-order valence-electron chi connectivity index (χ1n) is 6.12. The van der Waals surface area contributed by atoms with Crippen molar-refractivity contribution in [3.8, 4) is 5.75 Å². The molecule has 3 rings (SSSR count). The van der Waals surface area contributed by atoms with Gasteiger partial charge in [-0.15, -0.1) is 0 Å². The maximum absolute atomic E-state index is 5.94. The summed E-state index contributed by atoms with van der Waals surface area (Å²) < 4.78 is 7.27. The number of para-hydroxylation sites is 2. The maximum Gasteiger partial charge on any atom is 0.153 e. The van der Waals surface area contributed by atoms with E-state index in [2.05, 4.69) is 5.10 Å². The van der Waals surface area contributed by atoms with Crippen LogP contribution in [0.5, 0.6) is 5.75 Å². The van der Waals surface area contributed by atoms with Crippen molar-refractivity contribution in [3.05, 3.63) is 54.1 Å². The number of ether oxygens (including phenoxy) is 1. The smallest absolute Gasteiger partial charge is 0.153 e. The molecule has 0 radical (unpaired) electrons. The highest BCUT2D eigenvalue weighted by atomic mass is 16.5. The van der Waals surface area contributed by atoms with Crippen molar-refractivity contribution in [1.82, 2.24) is 9.78 Å². The molecule has 96 valence electrons. The number of hydrogen-bond acceptors (Lipinski definition) is 3. The molecule has 0 saturated heterocycles. The fraction of sp³-hybridized carbons (Fsp3) is 0.133. The zero-order valence-corrected chi connectivity index (χ0v) is 10.7. The van der Waals surface area contributed by atoms with Crippen molar-refractivity contribution >= 4 is 16.7 Å². The van der Waals surface area contributed by atoms with Crippen molar-refractivity contribution in [1.29, 1.82) is 0 Å². The lowest BCUT2D eigenvalue weighted by atomic mass is 10.2. The predicted molar refractivity (Wildman–Crippen MR) is 76.2 cm³/mol. The number of rotatable bonds is 3. The van der Waals surface area contributed by atoms with Gasteiger partial charge in [-0.3, -0.25) is 4.68 Å². The summed E-state index contributed by atoms with van der Waals surface area (Å²) in [6.07, 6.45) is 0. The summed E-state index contributed by atoms with van der Waals surface area (Å²) in [5, 5.41) is 5.38. The zero-order valence-electron chi connectivity index (χ0n) is 10.7. The van der Waals surface area contributed by atoms with E-state index < -0.39 is 0 Å². The van der Waals surface area contributed by atoms with Crippen LogP contribution in [0.15, 0.2) is 48.5 Å². The molecule has 0 atom stereocenters. The van der Waals surface area contributed by atoms with Gasteiger partial charge in [-0.2, -0.15) is 5.10 Å². The molecule has 0 spiro atoms. The molecule has 1 heterocycles. The monoisotopic (exact) mass is 253 g/mol. The summed E-state index contributed by atoms with van der Waals surface area (Å²) in [5.74, 6) is 1.42. The average Bonchev–Trinajstić information content (AvgIpc) is 2.77. The van der Waals surface area contributed by atoms with Crippen molar-refractivity contribution in [3.63, 3.8) is 0 Å². The Morgan fingerprint density at radius 2 is 1.84 bits per heavy atom. The Balaban J connectivity index is 2.06. The fourth-order valence-electron chi connectivity index (χ4n) is 2.27. The summed E-state index contributed by atoms with van der Waals surface area (Å²) in [5.41, 5.74) is 8.05. The van der Waals surface area contributed by atoms with Crippen molar-refractivity contribution < 1.29 is 4.74 Å². The van der Waals surface area contributed by atoms with Gasteiger partial charge in [0.2, 0.25) is 0 Å². The minimum absolute atomic E-state index is 0.561. The Morgan fingerprint density at radius 1 is 1.11 bits per heavy atom. The third-order valence-electron chi connectivity index (χ3n) is 3.20. The number of methoxy groups -OCH3 is 1. The van der Waals surface area contributed by atoms with Crippen LogP contribution in [-0.2, 0) is 6.54 Å². The summed E-state index contributed by atoms with van der Waals surface area (Å²) in [6, 6.07) is 15.9. The molecule has 4 nitrogen and oxygen atoms in total. The Bertz CT molecular complexity index is 718. The number of nitrogens with zero attached hydrogens (tertiary/aromatic N) is 2. The fourth-order valence-corrected chi connectivity index (χ4v) is 2.27. The van der Waals surface area contributed by atoms with E-state index in [1.165, 1.54) is 0 Å². The molecule has 2 N–H and O–H groups in total. The third-order valence-corrected chi connectivity index (χ3v) is 3.20. The second kappa shape index (κ2) is 4.65. The molecule has 4 heteroatoms. The molecule has 3 aromatic rings. The van der Waals surface area contributed by atoms with Gasteiger partial charge in [0.25, 0.3) is 0 Å². The Labute approximate surface area is 111 Å². The van der Waals surface area contributed by atoms with E-state index >= 15 is 0 Å². The minimum Gasteiger partial charge on any atom is -0.496 e. The Morgan fingerprint density at radius 3 is 2.68 bits per heavy atom. The summed E-state index contributed by atoms with van der Waals surface area (Å²) in [6.45, 7) is 0.641. The molecule has 1 aromatic heterocycles. The first-order valence-corrected chi connectivity index (χ1v) is 6.12. The molecule has 0 aliphatic rings. The van der Waals surface area contributed by atoms with Crippen LogP contribution in [0.1, 0.15) is 5.56 Å². The second-order valence-electron chi connectivity index (χ2n) is 4.37. The van der Waals surface area contributed by atoms with Crippen LogP contribution in [0.4, 0.5) is 5.82 Å². The van der Waals surface area contributed by atoms with Gasteiger partial charge in [0.15, 0.2) is 5.82 Å². The van der Waals surface area contributed by atoms with Crippen LogP contribution in [0.25, 0.3) is 10.9 Å². The van der Waals surface area contributed by atoms with Crippen LogP contribution < -0.4 is 10.5 Å². The molecule has 0 bridgehead atoms. The lowest BCUT2D eigenvalue weighted by Gasteiger charge is -2.08. The van der Waals surface area contributed by atoms with E-state index in [0.717, 1.165) is 22.2 Å². The molecule has 0 aliphatic carbocycles. The molecule has 2 aromatic carbocycles. The minimum atomic E-state index is 0.561. The largest absolute Gasteiger partial charge is 0.496 e. The molecule has 0 unspecified atom stereocenters. The molecular weight excluding hydrogens is 238 g/mol. The molecule has 0 amide bonds. The van der Waals surface area contributed by atoms with Gasteiger partial charge >= 0.3 is 0 Å². The standard InChI is InChI=1S/C15H15N3O/c1-19-14-9-5-2-6-11(14)10-18-13-8-4-3-7-12(13)15(16)17-18/h2-9H,10H2,1H3,(H2,16,17). The van der Waals surface area contributed by atoms with Crippen LogP contribution in [-0.4, -0.2) is 16.9 Å². The number of anilines is 1. The van der Waals surface area contributed by atoms with E-state index in [-0.39, 0.29) is 0 Å². The van der Waals surface area contributed by atoms with Crippen LogP contribution >= 0.6 is 0 Å². The highest BCUT2D eigenvalue weighted by Crippen LogP contribution is 2.23. The molecule has 0 aliphatic heterocycles. The number of nitrogen functional groups attached to an aromatic ring is 1. The van der Waals surface area contributed by atoms with Gasteiger partial charge < -0.3 is 10.5 Å². The maximum atomic E-state index is 5.94. The van der Waals surface area contributed by atoms with Gasteiger partial charge in [-0.25, -0.2) is 0 Å². The van der Waals surface area contributed by atoms with E-state index in [1.54, 1.807) is 7.11 Å². The number of benzene rings is 2. The summed E-state index contributed by atoms with van der Waals surface area (Å²) >= 11 is 0. The highest BCUT2D eigenvalue weighted by molar-refractivity contribution is 5.89. The number of fused-ring (bicyclic) bond motifs is 1. The highest BCUT2D eigenvalue weighted by Gasteiger charge is 2.09. The number of nitrogens with two attached hydrogens (primary N) is 1. The average molecular weight is 253 g/mol. The third kappa shape index (κ3) is 2.01. The van der Waals surface area contributed by atoms with Gasteiger partial charge in [-0.1, -0.05) is 30.3 Å². The van der Waals surface area contributed by atoms with Crippen LogP contribution in [0, 0.1) is 0 Å². The van der Waals surface area contributed by atoms with Crippen LogP contribution in [0.2, 0.25) is 0 Å². The van der Waals surface area contributed by atoms with Crippen molar-refractivity contribution in [2.75, 3.05) is 12.8 Å². The topological polar surface area (TPSA) is 53.1 Å². The molecule has 19 heavy (non-hydrogen) atoms. The molecular formula is C15H15N3O. The van der Waals surface area contributed by atoms with E-state index in [4.69, 9.17) is 10.5 Å². The zero-order chi connectivity index (χ0) is 13.2. The van der Waals surface area contributed by atoms with Gasteiger partial charge in [-0.05, 0) is 18.2 Å². The first kappa shape index (κ1) is 11.6. The molecule has 0 fully saturated rings. The van der Waals surface area contributed by atoms with Gasteiger partial charge in [0.1, 0.15) is 5.75 Å². The second-order valence-corrected chi connectivity index (χ2v) is 4.37. The first-order chi connectivity index (χ1) is 9.29. The van der Waals surface area contributed by atoms with E-state index in [1.807, 2.05) is 53.2 Å². The lowest BCUT2D eigenvalue weighted by Crippen LogP contribution is -2.03. The Hall–Kier alpha value is -2.49. The normalized spacial score (nSPS) is 10.8.